The second-order valence-electron chi connectivity index (χ2n) is 7.67. The molecule has 4 nitrogen and oxygen atoms in total. The highest BCUT2D eigenvalue weighted by molar-refractivity contribution is 7.11. The van der Waals surface area contributed by atoms with E-state index in [-0.39, 0.29) is 17.9 Å². The molecule has 3 atom stereocenters. The van der Waals surface area contributed by atoms with Gasteiger partial charge in [-0.2, -0.15) is 5.10 Å². The van der Waals surface area contributed by atoms with E-state index < -0.39 is 0 Å². The van der Waals surface area contributed by atoms with Gasteiger partial charge in [-0.05, 0) is 65.4 Å². The molecule has 3 aromatic rings. The average Bonchev–Trinajstić information content (AvgIpc) is 3.48. The van der Waals surface area contributed by atoms with Gasteiger partial charge < -0.3 is 0 Å². The van der Waals surface area contributed by atoms with E-state index in [0.717, 1.165) is 18.6 Å². The molecule has 29 heavy (non-hydrogen) atoms. The fraction of sp³-hybridized carbons (Fsp3) is 0.261. The second-order valence-corrected chi connectivity index (χ2v) is 9.63. The Balaban J connectivity index is 1.59. The van der Waals surface area contributed by atoms with E-state index in [0.29, 0.717) is 11.5 Å². The number of carbonyl (C=O) groups is 1. The van der Waals surface area contributed by atoms with Crippen LogP contribution in [-0.4, -0.2) is 21.6 Å². The molecule has 1 amide bonds. The maximum atomic E-state index is 13.4. The smallest absolute Gasteiger partial charge is 0.267 e. The Bertz CT molecular complexity index is 1060. The summed E-state index contributed by atoms with van der Waals surface area (Å²) in [6, 6.07) is 11.9. The van der Waals surface area contributed by atoms with Crippen LogP contribution in [0.15, 0.2) is 70.2 Å². The van der Waals surface area contributed by atoms with Crippen LogP contribution < -0.4 is 0 Å². The third-order valence-corrected chi connectivity index (χ3v) is 7.36. The monoisotopic (exact) mass is 419 g/mol. The molecule has 0 bridgehead atoms. The third kappa shape index (κ3) is 3.47. The van der Waals surface area contributed by atoms with Crippen molar-refractivity contribution in [1.82, 2.24) is 9.99 Å². The Kier molecular flexibility index (Phi) is 4.89. The molecule has 0 saturated heterocycles. The van der Waals surface area contributed by atoms with E-state index >= 15 is 0 Å². The summed E-state index contributed by atoms with van der Waals surface area (Å²) in [5, 5.41) is 10.8. The van der Waals surface area contributed by atoms with Crippen molar-refractivity contribution in [3.05, 3.63) is 80.4 Å². The van der Waals surface area contributed by atoms with E-state index in [1.54, 1.807) is 52.2 Å². The van der Waals surface area contributed by atoms with Gasteiger partial charge in [-0.3, -0.25) is 9.78 Å². The van der Waals surface area contributed by atoms with Gasteiger partial charge in [-0.1, -0.05) is 19.1 Å². The number of thiophene rings is 2. The lowest BCUT2D eigenvalue weighted by Crippen LogP contribution is -2.32. The SMILES string of the molecule is C[C@@H]1C/C(=C\c2cccs2)C2=NN(C(=O)c3ccncc3)[C@@H](c3cccs3)[C@@H]2C1. The molecule has 1 fully saturated rings. The zero-order valence-corrected chi connectivity index (χ0v) is 17.7. The molecule has 2 aliphatic rings. The molecule has 146 valence electrons. The molecule has 0 spiro atoms. The van der Waals surface area contributed by atoms with Crippen molar-refractivity contribution in [3.8, 4) is 0 Å². The first kappa shape index (κ1) is 18.5. The lowest BCUT2D eigenvalue weighted by Gasteiger charge is -2.31. The predicted octanol–water partition coefficient (Wildman–Crippen LogP) is 5.89. The summed E-state index contributed by atoms with van der Waals surface area (Å²) in [4.78, 5) is 19.9. The van der Waals surface area contributed by atoms with Crippen molar-refractivity contribution in [3.63, 3.8) is 0 Å². The Labute approximate surface area is 178 Å². The minimum absolute atomic E-state index is 0.0415. The van der Waals surface area contributed by atoms with Gasteiger partial charge in [0.2, 0.25) is 0 Å². The highest BCUT2D eigenvalue weighted by atomic mass is 32.1. The van der Waals surface area contributed by atoms with Gasteiger partial charge in [0.1, 0.15) is 0 Å². The molecule has 6 heteroatoms. The van der Waals surface area contributed by atoms with Gasteiger partial charge in [0.15, 0.2) is 0 Å². The van der Waals surface area contributed by atoms with Crippen molar-refractivity contribution in [2.45, 2.75) is 25.8 Å². The van der Waals surface area contributed by atoms with Gasteiger partial charge >= 0.3 is 0 Å². The van der Waals surface area contributed by atoms with Gasteiger partial charge in [0.25, 0.3) is 5.91 Å². The van der Waals surface area contributed by atoms with Gasteiger partial charge in [0, 0.05) is 33.6 Å². The summed E-state index contributed by atoms with van der Waals surface area (Å²) in [6.45, 7) is 2.30. The molecule has 0 aromatic carbocycles. The summed E-state index contributed by atoms with van der Waals surface area (Å²) in [6.07, 6.45) is 7.63. The number of amides is 1. The van der Waals surface area contributed by atoms with E-state index in [9.17, 15) is 4.79 Å². The van der Waals surface area contributed by atoms with Crippen LogP contribution in [0.25, 0.3) is 6.08 Å². The molecular formula is C23H21N3OS2. The number of nitrogens with zero attached hydrogens (tertiary/aromatic N) is 3. The Morgan fingerprint density at radius 2 is 1.93 bits per heavy atom. The maximum absolute atomic E-state index is 13.4. The lowest BCUT2D eigenvalue weighted by molar-refractivity contribution is 0.0680. The number of allylic oxidation sites excluding steroid dienone is 1. The van der Waals surface area contributed by atoms with E-state index in [1.165, 1.54) is 15.3 Å². The number of fused-ring (bicyclic) bond motifs is 1. The number of hydrogen-bond acceptors (Lipinski definition) is 5. The van der Waals surface area contributed by atoms with E-state index in [1.807, 2.05) is 0 Å². The highest BCUT2D eigenvalue weighted by Crippen LogP contribution is 2.47. The zero-order valence-electron chi connectivity index (χ0n) is 16.1. The summed E-state index contributed by atoms with van der Waals surface area (Å²) in [7, 11) is 0. The number of hydrazone groups is 1. The van der Waals surface area contributed by atoms with Gasteiger partial charge in [-0.25, -0.2) is 5.01 Å². The van der Waals surface area contributed by atoms with Crippen LogP contribution in [0.4, 0.5) is 0 Å². The van der Waals surface area contributed by atoms with Crippen molar-refractivity contribution in [1.29, 1.82) is 0 Å². The molecule has 0 radical (unpaired) electrons. The first-order valence-electron chi connectivity index (χ1n) is 9.80. The Morgan fingerprint density at radius 1 is 1.14 bits per heavy atom. The van der Waals surface area contributed by atoms with Crippen molar-refractivity contribution >= 4 is 40.4 Å². The zero-order chi connectivity index (χ0) is 19.8. The van der Waals surface area contributed by atoms with Gasteiger partial charge in [-0.15, -0.1) is 22.7 Å². The van der Waals surface area contributed by atoms with Gasteiger partial charge in [0.05, 0.1) is 11.8 Å². The Morgan fingerprint density at radius 3 is 2.66 bits per heavy atom. The van der Waals surface area contributed by atoms with Crippen molar-refractivity contribution < 1.29 is 4.79 Å². The fourth-order valence-corrected chi connectivity index (χ4v) is 5.92. The molecule has 1 aliphatic carbocycles. The first-order valence-corrected chi connectivity index (χ1v) is 11.6. The van der Waals surface area contributed by atoms with Crippen LogP contribution in [0.3, 0.4) is 0 Å². The number of hydrogen-bond donors (Lipinski definition) is 0. The van der Waals surface area contributed by atoms with E-state index in [4.69, 9.17) is 5.10 Å². The predicted molar refractivity (Wildman–Crippen MR) is 119 cm³/mol. The molecule has 5 rings (SSSR count). The number of aromatic nitrogens is 1. The lowest BCUT2D eigenvalue weighted by atomic mass is 9.74. The highest BCUT2D eigenvalue weighted by Gasteiger charge is 2.45. The minimum atomic E-state index is -0.0594. The topological polar surface area (TPSA) is 45.6 Å². The number of rotatable bonds is 3. The average molecular weight is 420 g/mol. The molecule has 3 aromatic heterocycles. The van der Waals surface area contributed by atoms with E-state index in [2.05, 4.69) is 53.0 Å². The largest absolute Gasteiger partial charge is 0.274 e. The van der Waals surface area contributed by atoms with Crippen molar-refractivity contribution in [2.75, 3.05) is 0 Å². The summed E-state index contributed by atoms with van der Waals surface area (Å²) >= 11 is 3.44. The second kappa shape index (κ2) is 7.69. The van der Waals surface area contributed by atoms with Crippen LogP contribution >= 0.6 is 22.7 Å². The van der Waals surface area contributed by atoms with Crippen LogP contribution in [0.5, 0.6) is 0 Å². The maximum Gasteiger partial charge on any atom is 0.274 e. The molecular weight excluding hydrogens is 398 g/mol. The van der Waals surface area contributed by atoms with Crippen LogP contribution in [0.1, 0.15) is 45.9 Å². The number of carbonyl (C=O) groups excluding carboxylic acids is 1. The molecule has 0 N–H and O–H groups in total. The molecule has 4 heterocycles. The summed E-state index contributed by atoms with van der Waals surface area (Å²) in [5.41, 5.74) is 2.97. The van der Waals surface area contributed by atoms with Crippen LogP contribution in [0.2, 0.25) is 0 Å². The molecule has 1 aliphatic heterocycles. The third-order valence-electron chi connectivity index (χ3n) is 5.59. The minimum Gasteiger partial charge on any atom is -0.267 e. The fourth-order valence-electron chi connectivity index (χ4n) is 4.37. The van der Waals surface area contributed by atoms with Crippen LogP contribution in [-0.2, 0) is 0 Å². The quantitative estimate of drug-likeness (QED) is 0.531. The number of pyridine rings is 1. The first-order chi connectivity index (χ1) is 14.2. The molecule has 1 saturated carbocycles. The summed E-state index contributed by atoms with van der Waals surface area (Å²) < 4.78 is 0. The van der Waals surface area contributed by atoms with Crippen LogP contribution in [0, 0.1) is 11.8 Å². The standard InChI is InChI=1S/C23H21N3OS2/c1-15-12-17(14-18-4-2-10-28-18)21-19(13-15)22(20-5-3-11-29-20)26(25-21)23(27)16-6-8-24-9-7-16/h2-11,14-15,19,22H,12-13H2,1H3/b17-14+/t15-,19-,22-/m1/s1. The molecule has 0 unspecified atom stereocenters. The van der Waals surface area contributed by atoms with Crippen molar-refractivity contribution in [2.24, 2.45) is 16.9 Å². The summed E-state index contributed by atoms with van der Waals surface area (Å²) in [5.74, 6) is 0.730. The normalized spacial score (nSPS) is 25.1. The Hall–Kier alpha value is -2.57.